The van der Waals surface area contributed by atoms with Crippen LogP contribution in [-0.4, -0.2) is 30.8 Å². The molecule has 0 fully saturated rings. The highest BCUT2D eigenvalue weighted by Gasteiger charge is 2.13. The molecule has 2 aromatic rings. The minimum Gasteiger partial charge on any atom is -0.345 e. The average molecular weight is 371 g/mol. The first-order valence-corrected chi connectivity index (χ1v) is 8.45. The Morgan fingerprint density at radius 3 is 2.11 bits per heavy atom. The molecule has 0 aromatic heterocycles. The molecule has 0 heterocycles. The third-order valence-electron chi connectivity index (χ3n) is 3.92. The van der Waals surface area contributed by atoms with E-state index in [-0.39, 0.29) is 24.6 Å². The molecule has 0 aliphatic carbocycles. The van der Waals surface area contributed by atoms with Crippen molar-refractivity contribution in [1.29, 1.82) is 0 Å². The molecule has 2 rings (SSSR count). The first kappa shape index (κ1) is 20.1. The average Bonchev–Trinajstić information content (AvgIpc) is 2.61. The number of hydrogen-bond acceptors (Lipinski definition) is 3. The second-order valence-electron chi connectivity index (χ2n) is 6.26. The number of benzene rings is 2. The Morgan fingerprint density at radius 1 is 0.889 bits per heavy atom. The molecule has 0 saturated carbocycles. The normalized spacial score (nSPS) is 10.2. The number of carbonyl (C=O) groups excluding carboxylic acids is 3. The van der Waals surface area contributed by atoms with Crippen LogP contribution in [-0.2, 0) is 9.59 Å². The molecule has 3 amide bonds. The van der Waals surface area contributed by atoms with Crippen LogP contribution in [0.4, 0.5) is 10.1 Å². The maximum absolute atomic E-state index is 13.5. The van der Waals surface area contributed by atoms with E-state index in [0.29, 0.717) is 5.69 Å². The van der Waals surface area contributed by atoms with Crippen molar-refractivity contribution < 1.29 is 18.8 Å². The Morgan fingerprint density at radius 2 is 1.48 bits per heavy atom. The number of nitrogens with one attached hydrogen (secondary N) is 3. The molecule has 7 heteroatoms. The first-order chi connectivity index (χ1) is 12.8. The monoisotopic (exact) mass is 371 g/mol. The van der Waals surface area contributed by atoms with Crippen molar-refractivity contribution in [3.8, 4) is 0 Å². The summed E-state index contributed by atoms with van der Waals surface area (Å²) in [4.78, 5) is 35.7. The Balaban J connectivity index is 1.81. The van der Waals surface area contributed by atoms with Crippen LogP contribution in [0.5, 0.6) is 0 Å². The summed E-state index contributed by atoms with van der Waals surface area (Å²) in [6.07, 6.45) is 0. The van der Waals surface area contributed by atoms with Crippen molar-refractivity contribution in [2.75, 3.05) is 18.4 Å². The summed E-state index contributed by atoms with van der Waals surface area (Å²) in [5, 5.41) is 7.50. The highest BCUT2D eigenvalue weighted by molar-refractivity contribution is 5.98. The smallest absolute Gasteiger partial charge is 0.254 e. The van der Waals surface area contributed by atoms with E-state index in [2.05, 4.69) is 16.0 Å². The van der Waals surface area contributed by atoms with Crippen LogP contribution in [0.2, 0.25) is 0 Å². The van der Waals surface area contributed by atoms with Gasteiger partial charge in [-0.25, -0.2) is 4.39 Å². The van der Waals surface area contributed by atoms with Gasteiger partial charge in [-0.05, 0) is 44.0 Å². The lowest BCUT2D eigenvalue weighted by Crippen LogP contribution is -2.40. The molecule has 3 N–H and O–H groups in total. The molecular formula is C20H22FN3O3. The zero-order valence-corrected chi connectivity index (χ0v) is 15.5. The van der Waals surface area contributed by atoms with Crippen molar-refractivity contribution in [3.05, 3.63) is 64.5 Å². The fourth-order valence-electron chi connectivity index (χ4n) is 2.70. The summed E-state index contributed by atoms with van der Waals surface area (Å²) in [6.45, 7) is 5.17. The van der Waals surface area contributed by atoms with E-state index in [4.69, 9.17) is 0 Å². The Hall–Kier alpha value is -3.22. The van der Waals surface area contributed by atoms with E-state index in [1.54, 1.807) is 0 Å². The largest absolute Gasteiger partial charge is 0.345 e. The van der Waals surface area contributed by atoms with E-state index in [1.807, 2.05) is 32.9 Å². The van der Waals surface area contributed by atoms with Gasteiger partial charge < -0.3 is 16.0 Å². The summed E-state index contributed by atoms with van der Waals surface area (Å²) >= 11 is 0. The Labute approximate surface area is 157 Å². The standard InChI is InChI=1S/C20H22FN3O3/c1-12-8-13(2)19(14(3)9-12)24-18(26)11-22-17(25)10-23-20(27)15-6-4-5-7-16(15)21/h4-9H,10-11H2,1-3H3,(H,22,25)(H,23,27)(H,24,26). The number of hydrogen-bond donors (Lipinski definition) is 3. The molecule has 0 unspecified atom stereocenters. The van der Waals surface area contributed by atoms with Crippen LogP contribution in [0.1, 0.15) is 27.0 Å². The lowest BCUT2D eigenvalue weighted by Gasteiger charge is -2.13. The van der Waals surface area contributed by atoms with Gasteiger partial charge in [0.25, 0.3) is 5.91 Å². The van der Waals surface area contributed by atoms with Crippen LogP contribution >= 0.6 is 0 Å². The number of halogens is 1. The number of carbonyl (C=O) groups is 3. The zero-order valence-electron chi connectivity index (χ0n) is 15.5. The molecule has 0 radical (unpaired) electrons. The van der Waals surface area contributed by atoms with Crippen LogP contribution in [0.3, 0.4) is 0 Å². The third kappa shape index (κ3) is 5.64. The number of aryl methyl sites for hydroxylation is 3. The van der Waals surface area contributed by atoms with Gasteiger partial charge in [0.05, 0.1) is 18.7 Å². The highest BCUT2D eigenvalue weighted by Crippen LogP contribution is 2.21. The predicted molar refractivity (Wildman–Crippen MR) is 101 cm³/mol. The maximum Gasteiger partial charge on any atom is 0.254 e. The SMILES string of the molecule is Cc1cc(C)c(NC(=O)CNC(=O)CNC(=O)c2ccccc2F)c(C)c1. The van der Waals surface area contributed by atoms with Crippen LogP contribution < -0.4 is 16.0 Å². The third-order valence-corrected chi connectivity index (χ3v) is 3.92. The fraction of sp³-hybridized carbons (Fsp3) is 0.250. The van der Waals surface area contributed by atoms with Gasteiger partial charge >= 0.3 is 0 Å². The molecular weight excluding hydrogens is 349 g/mol. The molecule has 27 heavy (non-hydrogen) atoms. The van der Waals surface area contributed by atoms with Gasteiger partial charge in [0, 0.05) is 5.69 Å². The van der Waals surface area contributed by atoms with E-state index in [0.717, 1.165) is 22.8 Å². The molecule has 0 bridgehead atoms. The molecule has 142 valence electrons. The van der Waals surface area contributed by atoms with Crippen LogP contribution in [0.25, 0.3) is 0 Å². The first-order valence-electron chi connectivity index (χ1n) is 8.45. The topological polar surface area (TPSA) is 87.3 Å². The molecule has 0 saturated heterocycles. The van der Waals surface area contributed by atoms with E-state index >= 15 is 0 Å². The molecule has 0 aliphatic rings. The summed E-state index contributed by atoms with van der Waals surface area (Å²) < 4.78 is 13.5. The minimum absolute atomic E-state index is 0.145. The predicted octanol–water partition coefficient (Wildman–Crippen LogP) is 2.24. The summed E-state index contributed by atoms with van der Waals surface area (Å²) in [5.41, 5.74) is 3.54. The van der Waals surface area contributed by atoms with Crippen molar-refractivity contribution in [2.24, 2.45) is 0 Å². The quantitative estimate of drug-likeness (QED) is 0.728. The van der Waals surface area contributed by atoms with Gasteiger partial charge in [0.2, 0.25) is 11.8 Å². The van der Waals surface area contributed by atoms with Gasteiger partial charge in [-0.1, -0.05) is 29.8 Å². The van der Waals surface area contributed by atoms with Crippen molar-refractivity contribution in [3.63, 3.8) is 0 Å². The van der Waals surface area contributed by atoms with Crippen molar-refractivity contribution in [2.45, 2.75) is 20.8 Å². The molecule has 6 nitrogen and oxygen atoms in total. The van der Waals surface area contributed by atoms with Gasteiger partial charge in [0.1, 0.15) is 5.82 Å². The number of rotatable bonds is 6. The lowest BCUT2D eigenvalue weighted by atomic mass is 10.1. The zero-order chi connectivity index (χ0) is 20.0. The van der Waals surface area contributed by atoms with Crippen LogP contribution in [0, 0.1) is 26.6 Å². The highest BCUT2D eigenvalue weighted by atomic mass is 19.1. The second-order valence-corrected chi connectivity index (χ2v) is 6.26. The fourth-order valence-corrected chi connectivity index (χ4v) is 2.70. The summed E-state index contributed by atoms with van der Waals surface area (Å²) in [6, 6.07) is 9.39. The van der Waals surface area contributed by atoms with E-state index in [9.17, 15) is 18.8 Å². The Kier molecular flexibility index (Phi) is 6.65. The lowest BCUT2D eigenvalue weighted by molar-refractivity contribution is -0.123. The van der Waals surface area contributed by atoms with E-state index in [1.165, 1.54) is 18.2 Å². The maximum atomic E-state index is 13.5. The van der Waals surface area contributed by atoms with Gasteiger partial charge in [-0.15, -0.1) is 0 Å². The molecule has 0 spiro atoms. The van der Waals surface area contributed by atoms with Crippen molar-refractivity contribution >= 4 is 23.4 Å². The summed E-state index contributed by atoms with van der Waals surface area (Å²) in [5.74, 6) is -2.29. The molecule has 0 aliphatic heterocycles. The summed E-state index contributed by atoms with van der Waals surface area (Å²) in [7, 11) is 0. The molecule has 0 atom stereocenters. The minimum atomic E-state index is -0.696. The van der Waals surface area contributed by atoms with Gasteiger partial charge in [-0.3, -0.25) is 14.4 Å². The second kappa shape index (κ2) is 8.93. The van der Waals surface area contributed by atoms with Crippen molar-refractivity contribution in [1.82, 2.24) is 10.6 Å². The van der Waals surface area contributed by atoms with E-state index < -0.39 is 17.6 Å². The van der Waals surface area contributed by atoms with Gasteiger partial charge in [-0.2, -0.15) is 0 Å². The number of amides is 3. The number of anilines is 1. The molecule has 2 aromatic carbocycles. The van der Waals surface area contributed by atoms with Crippen LogP contribution in [0.15, 0.2) is 36.4 Å². The van der Waals surface area contributed by atoms with Gasteiger partial charge in [0.15, 0.2) is 0 Å². The Bertz CT molecular complexity index is 858.